The predicted octanol–water partition coefficient (Wildman–Crippen LogP) is 3.55. The molecule has 1 saturated heterocycles. The fourth-order valence-electron chi connectivity index (χ4n) is 3.25. The third-order valence-corrected chi connectivity index (χ3v) is 4.37. The summed E-state index contributed by atoms with van der Waals surface area (Å²) in [4.78, 5) is 2.53. The van der Waals surface area contributed by atoms with E-state index in [0.717, 1.165) is 55.4 Å². The average Bonchev–Trinajstić information content (AvgIpc) is 2.59. The van der Waals surface area contributed by atoms with Crippen LogP contribution in [0.3, 0.4) is 0 Å². The third kappa shape index (κ3) is 6.10. The Morgan fingerprint density at radius 2 is 1.48 bits per heavy atom. The third-order valence-electron chi connectivity index (χ3n) is 4.37. The number of ether oxygens (including phenoxy) is 3. The molecule has 146 valence electrons. The number of rotatable bonds is 7. The van der Waals surface area contributed by atoms with Crippen LogP contribution in [0.15, 0.2) is 12.1 Å². The molecule has 1 heterocycles. The van der Waals surface area contributed by atoms with Crippen molar-refractivity contribution in [2.24, 2.45) is 5.92 Å². The van der Waals surface area contributed by atoms with E-state index in [4.69, 9.17) is 14.2 Å². The summed E-state index contributed by atoms with van der Waals surface area (Å²) in [5.41, 5.74) is 1.13. The standard InChI is InChI=1S/C18H30N2O3.2ClH/c1-13(2)10-15(20-8-6-19-7-9-20)18-16(22-4)11-14(21-3)12-17(18)23-5;;/h11-13,15,19H,6-10H2,1-5H3;2*1H/t15-;;/m0../s1. The lowest BCUT2D eigenvalue weighted by molar-refractivity contribution is 0.148. The van der Waals surface area contributed by atoms with Gasteiger partial charge < -0.3 is 19.5 Å². The zero-order chi connectivity index (χ0) is 16.8. The molecule has 0 spiro atoms. The van der Waals surface area contributed by atoms with E-state index in [9.17, 15) is 0 Å². The van der Waals surface area contributed by atoms with Crippen LogP contribution >= 0.6 is 24.8 Å². The maximum absolute atomic E-state index is 5.68. The SMILES string of the molecule is COc1cc(OC)c([C@H](CC(C)C)N2CCNCC2)c(OC)c1.Cl.Cl. The van der Waals surface area contributed by atoms with Crippen LogP contribution in [0.5, 0.6) is 17.2 Å². The van der Waals surface area contributed by atoms with Gasteiger partial charge in [0, 0.05) is 44.4 Å². The minimum Gasteiger partial charge on any atom is -0.496 e. The van der Waals surface area contributed by atoms with Gasteiger partial charge in [-0.15, -0.1) is 24.8 Å². The monoisotopic (exact) mass is 394 g/mol. The Morgan fingerprint density at radius 3 is 1.88 bits per heavy atom. The van der Waals surface area contributed by atoms with E-state index in [2.05, 4.69) is 24.1 Å². The van der Waals surface area contributed by atoms with Crippen molar-refractivity contribution in [1.29, 1.82) is 0 Å². The van der Waals surface area contributed by atoms with E-state index in [0.29, 0.717) is 5.92 Å². The number of nitrogens with zero attached hydrogens (tertiary/aromatic N) is 1. The lowest BCUT2D eigenvalue weighted by Gasteiger charge is -2.37. The number of hydrogen-bond acceptors (Lipinski definition) is 5. The molecule has 25 heavy (non-hydrogen) atoms. The van der Waals surface area contributed by atoms with Crippen molar-refractivity contribution < 1.29 is 14.2 Å². The number of piperazine rings is 1. The highest BCUT2D eigenvalue weighted by Crippen LogP contribution is 2.43. The zero-order valence-electron chi connectivity index (χ0n) is 15.8. The molecule has 2 rings (SSSR count). The molecule has 5 nitrogen and oxygen atoms in total. The van der Waals surface area contributed by atoms with E-state index >= 15 is 0 Å². The van der Waals surface area contributed by atoms with Crippen LogP contribution in [-0.4, -0.2) is 52.4 Å². The summed E-state index contributed by atoms with van der Waals surface area (Å²) in [5.74, 6) is 3.02. The fraction of sp³-hybridized carbons (Fsp3) is 0.667. The van der Waals surface area contributed by atoms with Gasteiger partial charge in [0.2, 0.25) is 0 Å². The van der Waals surface area contributed by atoms with Crippen LogP contribution in [0.25, 0.3) is 0 Å². The van der Waals surface area contributed by atoms with Crippen LogP contribution in [0.1, 0.15) is 31.9 Å². The fourth-order valence-corrected chi connectivity index (χ4v) is 3.25. The van der Waals surface area contributed by atoms with Gasteiger partial charge in [-0.2, -0.15) is 0 Å². The molecular formula is C18H32Cl2N2O3. The van der Waals surface area contributed by atoms with Gasteiger partial charge in [0.1, 0.15) is 17.2 Å². The maximum Gasteiger partial charge on any atom is 0.131 e. The van der Waals surface area contributed by atoms with E-state index in [1.165, 1.54) is 0 Å². The zero-order valence-corrected chi connectivity index (χ0v) is 17.5. The highest BCUT2D eigenvalue weighted by Gasteiger charge is 2.29. The highest BCUT2D eigenvalue weighted by molar-refractivity contribution is 5.85. The van der Waals surface area contributed by atoms with E-state index < -0.39 is 0 Å². The first-order valence-electron chi connectivity index (χ1n) is 8.35. The van der Waals surface area contributed by atoms with Gasteiger partial charge in [-0.3, -0.25) is 4.90 Å². The second kappa shape index (κ2) is 11.7. The van der Waals surface area contributed by atoms with Gasteiger partial charge in [0.15, 0.2) is 0 Å². The van der Waals surface area contributed by atoms with Crippen LogP contribution < -0.4 is 19.5 Å². The molecule has 7 heteroatoms. The molecule has 1 N–H and O–H groups in total. The summed E-state index contributed by atoms with van der Waals surface area (Å²) in [6, 6.07) is 4.19. The summed E-state index contributed by atoms with van der Waals surface area (Å²) in [5, 5.41) is 3.43. The van der Waals surface area contributed by atoms with E-state index in [1.54, 1.807) is 21.3 Å². The summed E-state index contributed by atoms with van der Waals surface area (Å²) in [6.45, 7) is 8.64. The lowest BCUT2D eigenvalue weighted by Crippen LogP contribution is -2.45. The summed E-state index contributed by atoms with van der Waals surface area (Å²) in [6.07, 6.45) is 1.07. The van der Waals surface area contributed by atoms with Gasteiger partial charge in [-0.1, -0.05) is 13.8 Å². The number of benzene rings is 1. The second-order valence-corrected chi connectivity index (χ2v) is 6.38. The van der Waals surface area contributed by atoms with Crippen molar-refractivity contribution in [3.63, 3.8) is 0 Å². The van der Waals surface area contributed by atoms with Crippen molar-refractivity contribution in [3.05, 3.63) is 17.7 Å². The van der Waals surface area contributed by atoms with Crippen LogP contribution in [0.2, 0.25) is 0 Å². The Kier molecular flexibility index (Phi) is 11.3. The van der Waals surface area contributed by atoms with Crippen molar-refractivity contribution in [2.45, 2.75) is 26.3 Å². The Hall–Kier alpha value is -0.880. The smallest absolute Gasteiger partial charge is 0.131 e. The van der Waals surface area contributed by atoms with Gasteiger partial charge in [0.25, 0.3) is 0 Å². The Labute approximate surface area is 164 Å². The predicted molar refractivity (Wildman–Crippen MR) is 107 cm³/mol. The number of nitrogens with one attached hydrogen (secondary N) is 1. The minimum absolute atomic E-state index is 0. The lowest BCUT2D eigenvalue weighted by atomic mass is 9.93. The number of halogens is 2. The Balaban J connectivity index is 0.00000288. The molecule has 1 fully saturated rings. The van der Waals surface area contributed by atoms with Crippen LogP contribution in [0, 0.1) is 5.92 Å². The first-order valence-corrected chi connectivity index (χ1v) is 8.35. The first-order chi connectivity index (χ1) is 11.1. The molecule has 0 saturated carbocycles. The van der Waals surface area contributed by atoms with Gasteiger partial charge >= 0.3 is 0 Å². The summed E-state index contributed by atoms with van der Waals surface area (Å²) < 4.78 is 16.7. The molecule has 1 aliphatic rings. The summed E-state index contributed by atoms with van der Waals surface area (Å²) in [7, 11) is 5.08. The average molecular weight is 395 g/mol. The van der Waals surface area contributed by atoms with Crippen molar-refractivity contribution in [2.75, 3.05) is 47.5 Å². The quantitative estimate of drug-likeness (QED) is 0.765. The highest BCUT2D eigenvalue weighted by atomic mass is 35.5. The molecule has 1 aromatic carbocycles. The maximum atomic E-state index is 5.68. The first kappa shape index (κ1) is 24.1. The topological polar surface area (TPSA) is 43.0 Å². The molecule has 0 radical (unpaired) electrons. The van der Waals surface area contributed by atoms with Crippen molar-refractivity contribution >= 4 is 24.8 Å². The largest absolute Gasteiger partial charge is 0.496 e. The van der Waals surface area contributed by atoms with Gasteiger partial charge in [-0.25, -0.2) is 0 Å². The van der Waals surface area contributed by atoms with Crippen LogP contribution in [-0.2, 0) is 0 Å². The molecule has 1 aliphatic heterocycles. The van der Waals surface area contributed by atoms with Crippen LogP contribution in [0.4, 0.5) is 0 Å². The molecule has 0 amide bonds. The number of methoxy groups -OCH3 is 3. The normalized spacial score (nSPS) is 15.8. The van der Waals surface area contributed by atoms with E-state index in [1.807, 2.05) is 12.1 Å². The Bertz CT molecular complexity index is 484. The van der Waals surface area contributed by atoms with Crippen molar-refractivity contribution in [1.82, 2.24) is 10.2 Å². The Morgan fingerprint density at radius 1 is 0.960 bits per heavy atom. The molecule has 1 atom stereocenters. The second-order valence-electron chi connectivity index (χ2n) is 6.38. The molecule has 0 bridgehead atoms. The van der Waals surface area contributed by atoms with Crippen molar-refractivity contribution in [3.8, 4) is 17.2 Å². The molecule has 1 aromatic rings. The molecule has 0 unspecified atom stereocenters. The minimum atomic E-state index is 0. The van der Waals surface area contributed by atoms with E-state index in [-0.39, 0.29) is 30.9 Å². The molecular weight excluding hydrogens is 363 g/mol. The molecule has 0 aromatic heterocycles. The number of hydrogen-bond donors (Lipinski definition) is 1. The summed E-state index contributed by atoms with van der Waals surface area (Å²) >= 11 is 0. The molecule has 0 aliphatic carbocycles. The van der Waals surface area contributed by atoms with Gasteiger partial charge in [0.05, 0.1) is 26.9 Å². The van der Waals surface area contributed by atoms with Gasteiger partial charge in [-0.05, 0) is 12.3 Å².